The Balaban J connectivity index is 2.75. The van der Waals surface area contributed by atoms with Crippen molar-refractivity contribution in [1.29, 1.82) is 0 Å². The van der Waals surface area contributed by atoms with Gasteiger partial charge in [-0.15, -0.1) is 0 Å². The van der Waals surface area contributed by atoms with Crippen molar-refractivity contribution in [3.05, 3.63) is 39.7 Å². The number of nitrogens with zero attached hydrogens (tertiary/aromatic N) is 1. The van der Waals surface area contributed by atoms with E-state index in [2.05, 4.69) is 5.32 Å². The van der Waals surface area contributed by atoms with E-state index in [9.17, 15) is 14.5 Å². The standard InChI is InChI=1S/C9H11FN2O3/c10-8-3-7(6-11-1-2-13)4-9(5-8)12(14)15/h3-5,11,13H,1-2,6H2. The zero-order valence-electron chi connectivity index (χ0n) is 7.94. The van der Waals surface area contributed by atoms with Crippen molar-refractivity contribution in [2.24, 2.45) is 0 Å². The van der Waals surface area contributed by atoms with Crippen LogP contribution in [0.1, 0.15) is 5.56 Å². The molecule has 0 spiro atoms. The van der Waals surface area contributed by atoms with Gasteiger partial charge in [0, 0.05) is 19.2 Å². The molecule has 0 saturated carbocycles. The van der Waals surface area contributed by atoms with Crippen molar-refractivity contribution in [2.45, 2.75) is 6.54 Å². The SMILES string of the molecule is O=[N+]([O-])c1cc(F)cc(CNCCO)c1. The summed E-state index contributed by atoms with van der Waals surface area (Å²) in [5, 5.41) is 21.7. The monoisotopic (exact) mass is 214 g/mol. The third-order valence-electron chi connectivity index (χ3n) is 1.77. The van der Waals surface area contributed by atoms with Gasteiger partial charge in [-0.1, -0.05) is 0 Å². The first kappa shape index (κ1) is 11.5. The third-order valence-corrected chi connectivity index (χ3v) is 1.77. The summed E-state index contributed by atoms with van der Waals surface area (Å²) in [6.45, 7) is 0.626. The van der Waals surface area contributed by atoms with E-state index in [1.54, 1.807) is 0 Å². The molecule has 0 amide bonds. The Kier molecular flexibility index (Phi) is 4.14. The van der Waals surface area contributed by atoms with Gasteiger partial charge in [0.1, 0.15) is 5.82 Å². The summed E-state index contributed by atoms with van der Waals surface area (Å²) in [6, 6.07) is 3.39. The molecular weight excluding hydrogens is 203 g/mol. The van der Waals surface area contributed by atoms with Crippen molar-refractivity contribution in [2.75, 3.05) is 13.2 Å². The second-order valence-electron chi connectivity index (χ2n) is 2.98. The Morgan fingerprint density at radius 1 is 1.47 bits per heavy atom. The molecule has 1 aromatic carbocycles. The minimum atomic E-state index is -0.640. The van der Waals surface area contributed by atoms with Gasteiger partial charge in [0.2, 0.25) is 0 Å². The number of halogens is 1. The molecule has 0 aliphatic heterocycles. The Hall–Kier alpha value is -1.53. The summed E-state index contributed by atoms with van der Waals surface area (Å²) < 4.78 is 12.9. The fraction of sp³-hybridized carbons (Fsp3) is 0.333. The van der Waals surface area contributed by atoms with Gasteiger partial charge in [0.05, 0.1) is 17.6 Å². The lowest BCUT2D eigenvalue weighted by molar-refractivity contribution is -0.385. The van der Waals surface area contributed by atoms with Crippen molar-refractivity contribution >= 4 is 5.69 Å². The zero-order chi connectivity index (χ0) is 11.3. The molecule has 1 rings (SSSR count). The van der Waals surface area contributed by atoms with Gasteiger partial charge < -0.3 is 10.4 Å². The lowest BCUT2D eigenvalue weighted by Gasteiger charge is -2.03. The van der Waals surface area contributed by atoms with E-state index >= 15 is 0 Å². The molecule has 0 heterocycles. The summed E-state index contributed by atoms with van der Waals surface area (Å²) in [6.07, 6.45) is 0. The highest BCUT2D eigenvalue weighted by molar-refractivity contribution is 5.35. The maximum absolute atomic E-state index is 12.9. The van der Waals surface area contributed by atoms with Crippen LogP contribution in [0.15, 0.2) is 18.2 Å². The first-order valence-corrected chi connectivity index (χ1v) is 4.39. The van der Waals surface area contributed by atoms with E-state index in [4.69, 9.17) is 5.11 Å². The lowest BCUT2D eigenvalue weighted by Crippen LogP contribution is -2.17. The van der Waals surface area contributed by atoms with Crippen molar-refractivity contribution in [3.8, 4) is 0 Å². The average molecular weight is 214 g/mol. The number of benzene rings is 1. The van der Waals surface area contributed by atoms with E-state index < -0.39 is 10.7 Å². The molecule has 0 bridgehead atoms. The zero-order valence-corrected chi connectivity index (χ0v) is 7.94. The number of nitro groups is 1. The van der Waals surface area contributed by atoms with Crippen LogP contribution in [-0.2, 0) is 6.54 Å². The van der Waals surface area contributed by atoms with E-state index in [1.807, 2.05) is 0 Å². The van der Waals surface area contributed by atoms with Crippen LogP contribution < -0.4 is 5.32 Å². The molecule has 2 N–H and O–H groups in total. The maximum atomic E-state index is 12.9. The molecule has 6 heteroatoms. The molecule has 0 aliphatic rings. The fourth-order valence-corrected chi connectivity index (χ4v) is 1.15. The second-order valence-corrected chi connectivity index (χ2v) is 2.98. The van der Waals surface area contributed by atoms with Gasteiger partial charge >= 0.3 is 0 Å². The minimum absolute atomic E-state index is 0.0303. The number of hydrogen-bond acceptors (Lipinski definition) is 4. The van der Waals surface area contributed by atoms with Gasteiger partial charge in [-0.05, 0) is 11.6 Å². The van der Waals surface area contributed by atoms with Gasteiger partial charge in [-0.3, -0.25) is 10.1 Å². The molecule has 0 aromatic heterocycles. The van der Waals surface area contributed by atoms with E-state index in [0.717, 1.165) is 6.07 Å². The normalized spacial score (nSPS) is 10.3. The van der Waals surface area contributed by atoms with Crippen LogP contribution in [0, 0.1) is 15.9 Å². The minimum Gasteiger partial charge on any atom is -0.395 e. The number of hydrogen-bond donors (Lipinski definition) is 2. The highest BCUT2D eigenvalue weighted by Gasteiger charge is 2.09. The average Bonchev–Trinajstić information content (AvgIpc) is 2.17. The molecule has 82 valence electrons. The van der Waals surface area contributed by atoms with Crippen molar-refractivity contribution in [1.82, 2.24) is 5.32 Å². The second kappa shape index (κ2) is 5.38. The van der Waals surface area contributed by atoms with E-state index in [1.165, 1.54) is 12.1 Å². The van der Waals surface area contributed by atoms with Crippen LogP contribution in [0.4, 0.5) is 10.1 Å². The van der Waals surface area contributed by atoms with Gasteiger partial charge in [0.25, 0.3) is 5.69 Å². The van der Waals surface area contributed by atoms with E-state index in [0.29, 0.717) is 18.7 Å². The summed E-state index contributed by atoms with van der Waals surface area (Å²) >= 11 is 0. The first-order chi connectivity index (χ1) is 7.13. The summed E-state index contributed by atoms with van der Waals surface area (Å²) in [5.41, 5.74) is 0.214. The molecule has 0 aliphatic carbocycles. The molecule has 0 saturated heterocycles. The van der Waals surface area contributed by atoms with Crippen LogP contribution in [0.5, 0.6) is 0 Å². The number of nitro benzene ring substituents is 1. The predicted molar refractivity (Wildman–Crippen MR) is 51.8 cm³/mol. The fourth-order valence-electron chi connectivity index (χ4n) is 1.15. The maximum Gasteiger partial charge on any atom is 0.272 e. The number of non-ortho nitro benzene ring substituents is 1. The molecule has 0 fully saturated rings. The number of nitrogens with one attached hydrogen (secondary N) is 1. The molecule has 1 aromatic rings. The van der Waals surface area contributed by atoms with Gasteiger partial charge in [-0.25, -0.2) is 4.39 Å². The van der Waals surface area contributed by atoms with E-state index in [-0.39, 0.29) is 12.3 Å². The van der Waals surface area contributed by atoms with Crippen LogP contribution >= 0.6 is 0 Å². The predicted octanol–water partition coefficient (Wildman–Crippen LogP) is 0.816. The van der Waals surface area contributed by atoms with Crippen LogP contribution in [0.25, 0.3) is 0 Å². The van der Waals surface area contributed by atoms with Crippen molar-refractivity contribution < 1.29 is 14.4 Å². The Morgan fingerprint density at radius 2 is 2.20 bits per heavy atom. The summed E-state index contributed by atoms with van der Waals surface area (Å²) in [5.74, 6) is -0.634. The molecular formula is C9H11FN2O3. The summed E-state index contributed by atoms with van der Waals surface area (Å²) in [7, 11) is 0. The smallest absolute Gasteiger partial charge is 0.272 e. The molecule has 15 heavy (non-hydrogen) atoms. The summed E-state index contributed by atoms with van der Waals surface area (Å²) in [4.78, 5) is 9.77. The Labute approximate surface area is 85.7 Å². The Bertz CT molecular complexity index is 357. The highest BCUT2D eigenvalue weighted by atomic mass is 19.1. The molecule has 0 radical (unpaired) electrons. The third kappa shape index (κ3) is 3.61. The first-order valence-electron chi connectivity index (χ1n) is 4.39. The Morgan fingerprint density at radius 3 is 2.80 bits per heavy atom. The number of aliphatic hydroxyl groups is 1. The highest BCUT2D eigenvalue weighted by Crippen LogP contribution is 2.15. The number of aliphatic hydroxyl groups excluding tert-OH is 1. The van der Waals surface area contributed by atoms with Crippen LogP contribution in [0.2, 0.25) is 0 Å². The largest absolute Gasteiger partial charge is 0.395 e. The van der Waals surface area contributed by atoms with Crippen LogP contribution in [-0.4, -0.2) is 23.2 Å². The van der Waals surface area contributed by atoms with Crippen molar-refractivity contribution in [3.63, 3.8) is 0 Å². The van der Waals surface area contributed by atoms with Gasteiger partial charge in [-0.2, -0.15) is 0 Å². The quantitative estimate of drug-likeness (QED) is 0.432. The number of rotatable bonds is 5. The van der Waals surface area contributed by atoms with Gasteiger partial charge in [0.15, 0.2) is 0 Å². The molecule has 5 nitrogen and oxygen atoms in total. The van der Waals surface area contributed by atoms with Crippen LogP contribution in [0.3, 0.4) is 0 Å². The topological polar surface area (TPSA) is 75.4 Å². The molecule has 0 atom stereocenters. The molecule has 0 unspecified atom stereocenters. The lowest BCUT2D eigenvalue weighted by atomic mass is 10.2.